The molecule has 0 saturated carbocycles. The topological polar surface area (TPSA) is 49.4 Å². The van der Waals surface area contributed by atoms with Gasteiger partial charge in [-0.25, -0.2) is 0 Å². The van der Waals surface area contributed by atoms with Crippen LogP contribution in [0.3, 0.4) is 0 Å². The highest BCUT2D eigenvalue weighted by atomic mass is 16.2. The SMILES string of the molecule is CCN(C(=O)CCNc1cccc(C(C)=O)c1)c1cccc(C)c1. The van der Waals surface area contributed by atoms with E-state index >= 15 is 0 Å². The summed E-state index contributed by atoms with van der Waals surface area (Å²) >= 11 is 0. The van der Waals surface area contributed by atoms with Crippen LogP contribution < -0.4 is 10.2 Å². The van der Waals surface area contributed by atoms with Crippen molar-refractivity contribution in [2.45, 2.75) is 27.2 Å². The fraction of sp³-hybridized carbons (Fsp3) is 0.300. The second kappa shape index (κ2) is 8.29. The maximum Gasteiger partial charge on any atom is 0.228 e. The molecule has 0 unspecified atom stereocenters. The summed E-state index contributed by atoms with van der Waals surface area (Å²) in [6.07, 6.45) is 0.395. The first-order valence-electron chi connectivity index (χ1n) is 8.23. The molecule has 1 N–H and O–H groups in total. The van der Waals surface area contributed by atoms with Crippen molar-refractivity contribution in [3.05, 3.63) is 59.7 Å². The molecule has 0 fully saturated rings. The maximum absolute atomic E-state index is 12.5. The summed E-state index contributed by atoms with van der Waals surface area (Å²) in [6, 6.07) is 15.3. The molecular weight excluding hydrogens is 300 g/mol. The van der Waals surface area contributed by atoms with E-state index in [1.807, 2.05) is 56.3 Å². The first-order valence-corrected chi connectivity index (χ1v) is 8.23. The Morgan fingerprint density at radius 2 is 1.83 bits per heavy atom. The lowest BCUT2D eigenvalue weighted by Crippen LogP contribution is -2.31. The van der Waals surface area contributed by atoms with E-state index in [0.29, 0.717) is 25.1 Å². The van der Waals surface area contributed by atoms with Crippen molar-refractivity contribution in [2.24, 2.45) is 0 Å². The van der Waals surface area contributed by atoms with Gasteiger partial charge in [-0.3, -0.25) is 9.59 Å². The fourth-order valence-corrected chi connectivity index (χ4v) is 2.60. The van der Waals surface area contributed by atoms with Crippen LogP contribution >= 0.6 is 0 Å². The van der Waals surface area contributed by atoms with E-state index < -0.39 is 0 Å². The highest BCUT2D eigenvalue weighted by molar-refractivity contribution is 5.95. The first kappa shape index (κ1) is 17.7. The van der Waals surface area contributed by atoms with Gasteiger partial charge < -0.3 is 10.2 Å². The van der Waals surface area contributed by atoms with Gasteiger partial charge in [-0.05, 0) is 50.6 Å². The minimum Gasteiger partial charge on any atom is -0.385 e. The predicted molar refractivity (Wildman–Crippen MR) is 98.8 cm³/mol. The molecule has 0 aliphatic carbocycles. The Balaban J connectivity index is 1.94. The molecule has 4 heteroatoms. The molecule has 0 heterocycles. The quantitative estimate of drug-likeness (QED) is 0.782. The van der Waals surface area contributed by atoms with Gasteiger partial charge in [0.1, 0.15) is 0 Å². The Kier molecular flexibility index (Phi) is 6.13. The number of carbonyl (C=O) groups excluding carboxylic acids is 2. The van der Waals surface area contributed by atoms with E-state index in [2.05, 4.69) is 5.32 Å². The number of amides is 1. The van der Waals surface area contributed by atoms with Crippen LogP contribution in [0.2, 0.25) is 0 Å². The molecule has 2 aromatic carbocycles. The number of benzene rings is 2. The van der Waals surface area contributed by atoms with Crippen LogP contribution in [0.1, 0.15) is 36.2 Å². The number of Topliss-reactive ketones (excluding diaryl/α,β-unsaturated/α-hetero) is 1. The zero-order chi connectivity index (χ0) is 17.5. The summed E-state index contributed by atoms with van der Waals surface area (Å²) < 4.78 is 0. The number of nitrogens with one attached hydrogen (secondary N) is 1. The monoisotopic (exact) mass is 324 g/mol. The van der Waals surface area contributed by atoms with E-state index in [9.17, 15) is 9.59 Å². The van der Waals surface area contributed by atoms with Crippen LogP contribution in [-0.2, 0) is 4.79 Å². The molecule has 126 valence electrons. The third kappa shape index (κ3) is 4.69. The lowest BCUT2D eigenvalue weighted by atomic mass is 10.1. The van der Waals surface area contributed by atoms with Gasteiger partial charge in [0.05, 0.1) is 0 Å². The number of carbonyl (C=O) groups is 2. The Labute approximate surface area is 143 Å². The highest BCUT2D eigenvalue weighted by Crippen LogP contribution is 2.17. The average molecular weight is 324 g/mol. The summed E-state index contributed by atoms with van der Waals surface area (Å²) in [7, 11) is 0. The fourth-order valence-electron chi connectivity index (χ4n) is 2.60. The van der Waals surface area contributed by atoms with Gasteiger partial charge in [-0.2, -0.15) is 0 Å². The lowest BCUT2D eigenvalue weighted by molar-refractivity contribution is -0.118. The Bertz CT molecular complexity index is 725. The van der Waals surface area contributed by atoms with Gasteiger partial charge in [0.15, 0.2) is 5.78 Å². The van der Waals surface area contributed by atoms with E-state index in [1.165, 1.54) is 0 Å². The molecule has 0 aliphatic heterocycles. The Morgan fingerprint density at radius 1 is 1.08 bits per heavy atom. The maximum atomic E-state index is 12.5. The molecule has 2 aromatic rings. The van der Waals surface area contributed by atoms with Crippen molar-refractivity contribution in [3.8, 4) is 0 Å². The molecule has 1 amide bonds. The van der Waals surface area contributed by atoms with Crippen LogP contribution in [0.4, 0.5) is 11.4 Å². The minimum absolute atomic E-state index is 0.0336. The Hall–Kier alpha value is -2.62. The summed E-state index contributed by atoms with van der Waals surface area (Å²) in [6.45, 7) is 6.71. The largest absolute Gasteiger partial charge is 0.385 e. The minimum atomic E-state index is 0.0336. The van der Waals surface area contributed by atoms with Crippen molar-refractivity contribution < 1.29 is 9.59 Å². The molecule has 2 rings (SSSR count). The van der Waals surface area contributed by atoms with Crippen molar-refractivity contribution in [1.29, 1.82) is 0 Å². The van der Waals surface area contributed by atoms with Crippen molar-refractivity contribution in [2.75, 3.05) is 23.3 Å². The zero-order valence-electron chi connectivity index (χ0n) is 14.5. The van der Waals surface area contributed by atoms with Crippen molar-refractivity contribution in [1.82, 2.24) is 0 Å². The third-order valence-corrected chi connectivity index (χ3v) is 3.87. The standard InChI is InChI=1S/C20H24N2O2/c1-4-22(19-10-5-7-15(2)13-19)20(24)11-12-21-18-9-6-8-17(14-18)16(3)23/h5-10,13-14,21H,4,11-12H2,1-3H3. The van der Waals surface area contributed by atoms with Gasteiger partial charge in [-0.1, -0.05) is 24.3 Å². The van der Waals surface area contributed by atoms with Gasteiger partial charge >= 0.3 is 0 Å². The molecular formula is C20H24N2O2. The molecule has 0 bridgehead atoms. The third-order valence-electron chi connectivity index (χ3n) is 3.87. The normalized spacial score (nSPS) is 10.3. The van der Waals surface area contributed by atoms with Crippen molar-refractivity contribution in [3.63, 3.8) is 0 Å². The van der Waals surface area contributed by atoms with E-state index in [1.54, 1.807) is 17.9 Å². The van der Waals surface area contributed by atoms with Crippen LogP contribution in [-0.4, -0.2) is 24.8 Å². The Morgan fingerprint density at radius 3 is 2.50 bits per heavy atom. The zero-order valence-corrected chi connectivity index (χ0v) is 14.5. The number of rotatable bonds is 7. The molecule has 0 atom stereocenters. The van der Waals surface area contributed by atoms with Gasteiger partial charge in [0.2, 0.25) is 5.91 Å². The molecule has 0 saturated heterocycles. The number of hydrogen-bond donors (Lipinski definition) is 1. The van der Waals surface area contributed by atoms with Crippen LogP contribution in [0.5, 0.6) is 0 Å². The predicted octanol–water partition coefficient (Wildman–Crippen LogP) is 4.05. The summed E-state index contributed by atoms with van der Waals surface area (Å²) in [5.41, 5.74) is 3.59. The molecule has 0 radical (unpaired) electrons. The van der Waals surface area contributed by atoms with E-state index in [4.69, 9.17) is 0 Å². The summed E-state index contributed by atoms with van der Waals surface area (Å²) in [4.78, 5) is 25.7. The molecule has 0 spiro atoms. The van der Waals surface area contributed by atoms with Crippen LogP contribution in [0.15, 0.2) is 48.5 Å². The highest BCUT2D eigenvalue weighted by Gasteiger charge is 2.13. The molecule has 4 nitrogen and oxygen atoms in total. The number of aryl methyl sites for hydroxylation is 1. The first-order chi connectivity index (χ1) is 11.5. The van der Waals surface area contributed by atoms with Crippen LogP contribution in [0, 0.1) is 6.92 Å². The molecule has 0 aromatic heterocycles. The average Bonchev–Trinajstić information content (AvgIpc) is 2.56. The van der Waals surface area contributed by atoms with E-state index in [0.717, 1.165) is 16.9 Å². The second-order valence-corrected chi connectivity index (χ2v) is 5.79. The van der Waals surface area contributed by atoms with Crippen molar-refractivity contribution >= 4 is 23.1 Å². The van der Waals surface area contributed by atoms with Gasteiger partial charge in [0, 0.05) is 36.4 Å². The smallest absolute Gasteiger partial charge is 0.228 e. The van der Waals surface area contributed by atoms with Gasteiger partial charge in [-0.15, -0.1) is 0 Å². The number of nitrogens with zero attached hydrogens (tertiary/aromatic N) is 1. The number of ketones is 1. The van der Waals surface area contributed by atoms with Gasteiger partial charge in [0.25, 0.3) is 0 Å². The second-order valence-electron chi connectivity index (χ2n) is 5.79. The number of anilines is 2. The summed E-state index contributed by atoms with van der Waals surface area (Å²) in [5.74, 6) is 0.115. The lowest BCUT2D eigenvalue weighted by Gasteiger charge is -2.21. The van der Waals surface area contributed by atoms with E-state index in [-0.39, 0.29) is 11.7 Å². The molecule has 0 aliphatic rings. The number of hydrogen-bond acceptors (Lipinski definition) is 3. The molecule has 24 heavy (non-hydrogen) atoms. The summed E-state index contributed by atoms with van der Waals surface area (Å²) in [5, 5.41) is 3.21. The van der Waals surface area contributed by atoms with Crippen LogP contribution in [0.25, 0.3) is 0 Å².